The predicted octanol–water partition coefficient (Wildman–Crippen LogP) is 4.14. The van der Waals surface area contributed by atoms with E-state index in [-0.39, 0.29) is 5.69 Å². The normalized spacial score (nSPS) is 10.2. The van der Waals surface area contributed by atoms with Gasteiger partial charge in [-0.25, -0.2) is 0 Å². The van der Waals surface area contributed by atoms with Crippen LogP contribution in [0.25, 0.3) is 0 Å². The van der Waals surface area contributed by atoms with Crippen LogP contribution in [0.1, 0.15) is 5.56 Å². The Bertz CT molecular complexity index is 661. The summed E-state index contributed by atoms with van der Waals surface area (Å²) in [5.41, 5.74) is 1.54. The Labute approximate surface area is 136 Å². The van der Waals surface area contributed by atoms with Gasteiger partial charge in [0, 0.05) is 25.7 Å². The number of hydrogen-bond acceptors (Lipinski definition) is 4. The standard InChI is InChI=1S/C13H12ClN3O2S2/c1-16(7-9-4-5-21-8-9)13(20)15-12-6-10(17(18)19)2-3-11(12)14/h2-6,8H,7H2,1H3,(H,15,20). The number of thiophene rings is 1. The molecule has 0 saturated carbocycles. The summed E-state index contributed by atoms with van der Waals surface area (Å²) in [6.45, 7) is 0.655. The molecule has 0 bridgehead atoms. The summed E-state index contributed by atoms with van der Waals surface area (Å²) < 4.78 is 0. The molecule has 8 heteroatoms. The molecule has 1 heterocycles. The predicted molar refractivity (Wildman–Crippen MR) is 90.1 cm³/mol. The zero-order valence-corrected chi connectivity index (χ0v) is 13.5. The van der Waals surface area contributed by atoms with Crippen molar-refractivity contribution in [1.29, 1.82) is 0 Å². The Morgan fingerprint density at radius 3 is 2.90 bits per heavy atom. The summed E-state index contributed by atoms with van der Waals surface area (Å²) in [7, 11) is 1.85. The van der Waals surface area contributed by atoms with Gasteiger partial charge in [-0.1, -0.05) is 11.6 Å². The maximum Gasteiger partial charge on any atom is 0.271 e. The van der Waals surface area contributed by atoms with E-state index in [1.54, 1.807) is 11.3 Å². The molecular weight excluding hydrogens is 330 g/mol. The van der Waals surface area contributed by atoms with E-state index in [4.69, 9.17) is 23.8 Å². The molecule has 0 radical (unpaired) electrons. The van der Waals surface area contributed by atoms with E-state index in [0.29, 0.717) is 22.4 Å². The first-order valence-electron chi connectivity index (χ1n) is 5.94. The minimum Gasteiger partial charge on any atom is -0.348 e. The number of nitrogens with zero attached hydrogens (tertiary/aromatic N) is 2. The van der Waals surface area contributed by atoms with Crippen LogP contribution in [0.3, 0.4) is 0 Å². The molecule has 1 aromatic heterocycles. The van der Waals surface area contributed by atoms with Gasteiger partial charge in [-0.05, 0) is 40.7 Å². The molecule has 2 aromatic rings. The molecule has 0 fully saturated rings. The van der Waals surface area contributed by atoms with Gasteiger partial charge in [-0.2, -0.15) is 11.3 Å². The lowest BCUT2D eigenvalue weighted by molar-refractivity contribution is -0.384. The molecule has 21 heavy (non-hydrogen) atoms. The van der Waals surface area contributed by atoms with Gasteiger partial charge in [0.2, 0.25) is 0 Å². The molecule has 110 valence electrons. The summed E-state index contributed by atoms with van der Waals surface area (Å²) in [5.74, 6) is 0. The van der Waals surface area contributed by atoms with E-state index < -0.39 is 4.92 Å². The third-order valence-electron chi connectivity index (χ3n) is 2.75. The van der Waals surface area contributed by atoms with Gasteiger partial charge in [0.25, 0.3) is 5.69 Å². The van der Waals surface area contributed by atoms with Crippen molar-refractivity contribution in [2.75, 3.05) is 12.4 Å². The molecule has 0 unspecified atom stereocenters. The molecule has 5 nitrogen and oxygen atoms in total. The Hall–Kier alpha value is -1.70. The second-order valence-electron chi connectivity index (χ2n) is 4.34. The van der Waals surface area contributed by atoms with Crippen molar-refractivity contribution >= 4 is 51.6 Å². The maximum atomic E-state index is 10.8. The number of rotatable bonds is 4. The van der Waals surface area contributed by atoms with Gasteiger partial charge in [0.15, 0.2) is 5.11 Å². The van der Waals surface area contributed by atoms with Crippen LogP contribution in [0.5, 0.6) is 0 Å². The first-order chi connectivity index (χ1) is 9.97. The quantitative estimate of drug-likeness (QED) is 0.514. The SMILES string of the molecule is CN(Cc1ccsc1)C(=S)Nc1cc([N+](=O)[O-])ccc1Cl. The molecule has 0 atom stereocenters. The van der Waals surface area contributed by atoms with E-state index in [0.717, 1.165) is 5.56 Å². The van der Waals surface area contributed by atoms with Crippen molar-refractivity contribution in [3.05, 3.63) is 55.7 Å². The Balaban J connectivity index is 2.08. The highest BCUT2D eigenvalue weighted by Gasteiger charge is 2.12. The number of nitrogens with one attached hydrogen (secondary N) is 1. The lowest BCUT2D eigenvalue weighted by atomic mass is 10.3. The molecule has 0 aliphatic rings. The van der Waals surface area contributed by atoms with Crippen LogP contribution in [-0.2, 0) is 6.54 Å². The van der Waals surface area contributed by atoms with Crippen molar-refractivity contribution in [1.82, 2.24) is 4.90 Å². The number of thiocarbonyl (C=S) groups is 1. The molecule has 0 aliphatic carbocycles. The van der Waals surface area contributed by atoms with Crippen LogP contribution >= 0.6 is 35.2 Å². The number of non-ortho nitro benzene ring substituents is 1. The number of hydrogen-bond donors (Lipinski definition) is 1. The van der Waals surface area contributed by atoms with Gasteiger partial charge in [0.1, 0.15) is 0 Å². The summed E-state index contributed by atoms with van der Waals surface area (Å²) in [6, 6.07) is 6.21. The van der Waals surface area contributed by atoms with Crippen LogP contribution in [0.15, 0.2) is 35.0 Å². The maximum absolute atomic E-state index is 10.8. The third-order valence-corrected chi connectivity index (χ3v) is 4.22. The number of benzene rings is 1. The third kappa shape index (κ3) is 4.13. The van der Waals surface area contributed by atoms with Crippen molar-refractivity contribution in [2.45, 2.75) is 6.54 Å². The summed E-state index contributed by atoms with van der Waals surface area (Å²) in [4.78, 5) is 12.2. The zero-order chi connectivity index (χ0) is 15.4. The van der Waals surface area contributed by atoms with Crippen molar-refractivity contribution < 1.29 is 4.92 Å². The first-order valence-corrected chi connectivity index (χ1v) is 7.67. The van der Waals surface area contributed by atoms with E-state index in [9.17, 15) is 10.1 Å². The van der Waals surface area contributed by atoms with Crippen LogP contribution in [0.4, 0.5) is 11.4 Å². The Kier molecular flexibility index (Phi) is 5.11. The molecule has 1 aromatic carbocycles. The lowest BCUT2D eigenvalue weighted by Crippen LogP contribution is -2.30. The average molecular weight is 342 g/mol. The minimum absolute atomic E-state index is 0.0369. The number of anilines is 1. The van der Waals surface area contributed by atoms with Gasteiger partial charge in [0.05, 0.1) is 15.6 Å². The molecule has 1 N–H and O–H groups in total. The number of nitro benzene ring substituents is 1. The van der Waals surface area contributed by atoms with Gasteiger partial charge < -0.3 is 10.2 Å². The number of nitro groups is 1. The molecule has 0 saturated heterocycles. The van der Waals surface area contributed by atoms with Gasteiger partial charge in [-0.15, -0.1) is 0 Å². The van der Waals surface area contributed by atoms with E-state index >= 15 is 0 Å². The summed E-state index contributed by atoms with van der Waals surface area (Å²) in [5, 5.41) is 18.6. The van der Waals surface area contributed by atoms with Crippen molar-refractivity contribution in [3.8, 4) is 0 Å². The summed E-state index contributed by atoms with van der Waals surface area (Å²) in [6.07, 6.45) is 0. The average Bonchev–Trinajstić information content (AvgIpc) is 2.93. The van der Waals surface area contributed by atoms with Crippen LogP contribution in [0, 0.1) is 10.1 Å². The molecule has 0 spiro atoms. The van der Waals surface area contributed by atoms with Crippen LogP contribution < -0.4 is 5.32 Å². The molecule has 2 rings (SSSR count). The molecular formula is C13H12ClN3O2S2. The fraction of sp³-hybridized carbons (Fsp3) is 0.154. The van der Waals surface area contributed by atoms with Gasteiger partial charge in [-0.3, -0.25) is 10.1 Å². The summed E-state index contributed by atoms with van der Waals surface area (Å²) >= 11 is 12.9. The smallest absolute Gasteiger partial charge is 0.271 e. The van der Waals surface area contributed by atoms with E-state index in [1.807, 2.05) is 28.8 Å². The largest absolute Gasteiger partial charge is 0.348 e. The van der Waals surface area contributed by atoms with E-state index in [2.05, 4.69) is 5.32 Å². The molecule has 0 amide bonds. The lowest BCUT2D eigenvalue weighted by Gasteiger charge is -2.21. The second-order valence-corrected chi connectivity index (χ2v) is 5.91. The topological polar surface area (TPSA) is 58.4 Å². The van der Waals surface area contributed by atoms with Crippen molar-refractivity contribution in [2.24, 2.45) is 0 Å². The van der Waals surface area contributed by atoms with Crippen LogP contribution in [0.2, 0.25) is 5.02 Å². The Morgan fingerprint density at radius 1 is 1.52 bits per heavy atom. The number of halogens is 1. The first kappa shape index (κ1) is 15.7. The fourth-order valence-electron chi connectivity index (χ4n) is 1.66. The minimum atomic E-state index is -0.473. The van der Waals surface area contributed by atoms with Gasteiger partial charge >= 0.3 is 0 Å². The van der Waals surface area contributed by atoms with E-state index in [1.165, 1.54) is 18.2 Å². The van der Waals surface area contributed by atoms with Crippen LogP contribution in [-0.4, -0.2) is 22.0 Å². The van der Waals surface area contributed by atoms with Crippen molar-refractivity contribution in [3.63, 3.8) is 0 Å². The monoisotopic (exact) mass is 341 g/mol. The highest BCUT2D eigenvalue weighted by Crippen LogP contribution is 2.27. The molecule has 0 aliphatic heterocycles. The zero-order valence-electron chi connectivity index (χ0n) is 11.1. The highest BCUT2D eigenvalue weighted by molar-refractivity contribution is 7.80. The second kappa shape index (κ2) is 6.84. The Morgan fingerprint density at radius 2 is 2.29 bits per heavy atom. The fourth-order valence-corrected chi connectivity index (χ4v) is 2.66. The highest BCUT2D eigenvalue weighted by atomic mass is 35.5.